The molecule has 1 aliphatic heterocycles. The van der Waals surface area contributed by atoms with E-state index < -0.39 is 0 Å². The minimum atomic E-state index is 0.497. The highest BCUT2D eigenvalue weighted by Crippen LogP contribution is 2.24. The predicted molar refractivity (Wildman–Crippen MR) is 80.4 cm³/mol. The molecule has 0 amide bonds. The van der Waals surface area contributed by atoms with Gasteiger partial charge in [-0.1, -0.05) is 0 Å². The molecule has 5 heteroatoms. The fraction of sp³-hybridized carbons (Fsp3) is 0.615. The number of nitrogens with zero attached hydrogens (tertiary/aromatic N) is 3. The first-order chi connectivity index (χ1) is 8.60. The molecule has 0 aromatic carbocycles. The van der Waals surface area contributed by atoms with Crippen LogP contribution < -0.4 is 4.90 Å². The number of pyridine rings is 1. The van der Waals surface area contributed by atoms with Crippen molar-refractivity contribution in [1.29, 1.82) is 0 Å². The predicted octanol–water partition coefficient (Wildman–Crippen LogP) is 2.97. The van der Waals surface area contributed by atoms with Crippen LogP contribution in [0, 0.1) is 5.92 Å². The van der Waals surface area contributed by atoms with Crippen molar-refractivity contribution in [3.05, 3.63) is 22.3 Å². The van der Waals surface area contributed by atoms with E-state index in [1.165, 1.54) is 19.5 Å². The molecule has 2 rings (SSSR count). The van der Waals surface area contributed by atoms with Gasteiger partial charge in [-0.15, -0.1) is 11.6 Å². The number of rotatable bonds is 4. The average molecular weight is 333 g/mol. The Morgan fingerprint density at radius 3 is 3.00 bits per heavy atom. The Balaban J connectivity index is 2.06. The quantitative estimate of drug-likeness (QED) is 0.790. The molecule has 1 aliphatic rings. The van der Waals surface area contributed by atoms with E-state index in [-0.39, 0.29) is 0 Å². The van der Waals surface area contributed by atoms with Crippen molar-refractivity contribution in [3.8, 4) is 0 Å². The zero-order valence-electron chi connectivity index (χ0n) is 10.9. The van der Waals surface area contributed by atoms with Crippen LogP contribution in [0.4, 0.5) is 5.82 Å². The van der Waals surface area contributed by atoms with Crippen LogP contribution in [0.5, 0.6) is 0 Å². The Labute approximate surface area is 122 Å². The van der Waals surface area contributed by atoms with Crippen LogP contribution in [0.1, 0.15) is 12.0 Å². The highest BCUT2D eigenvalue weighted by Gasteiger charge is 2.22. The van der Waals surface area contributed by atoms with Gasteiger partial charge in [0.15, 0.2) is 0 Å². The van der Waals surface area contributed by atoms with Gasteiger partial charge in [-0.2, -0.15) is 0 Å². The van der Waals surface area contributed by atoms with Crippen LogP contribution in [0.25, 0.3) is 0 Å². The molecular formula is C13H19BrClN3. The van der Waals surface area contributed by atoms with Gasteiger partial charge in [0.2, 0.25) is 0 Å². The average Bonchev–Trinajstić information content (AvgIpc) is 2.74. The lowest BCUT2D eigenvalue weighted by atomic mass is 10.1. The van der Waals surface area contributed by atoms with Gasteiger partial charge < -0.3 is 9.80 Å². The number of halogens is 2. The third-order valence-corrected chi connectivity index (χ3v) is 4.16. The molecule has 0 radical (unpaired) electrons. The van der Waals surface area contributed by atoms with Crippen LogP contribution in [0.2, 0.25) is 0 Å². The fourth-order valence-corrected chi connectivity index (χ4v) is 3.14. The zero-order chi connectivity index (χ0) is 13.1. The SMILES string of the molecule is CN1CCC(CN(C)c2ncc(Br)cc2CCl)C1. The van der Waals surface area contributed by atoms with Gasteiger partial charge in [0.05, 0.1) is 5.88 Å². The first kappa shape index (κ1) is 14.1. The van der Waals surface area contributed by atoms with Crippen LogP contribution >= 0.6 is 27.5 Å². The molecule has 18 heavy (non-hydrogen) atoms. The molecule has 1 aromatic rings. The second-order valence-corrected chi connectivity index (χ2v) is 6.25. The zero-order valence-corrected chi connectivity index (χ0v) is 13.2. The summed E-state index contributed by atoms with van der Waals surface area (Å²) in [5, 5.41) is 0. The summed E-state index contributed by atoms with van der Waals surface area (Å²) in [5.41, 5.74) is 1.08. The van der Waals surface area contributed by atoms with Crippen molar-refractivity contribution in [1.82, 2.24) is 9.88 Å². The maximum Gasteiger partial charge on any atom is 0.132 e. The van der Waals surface area contributed by atoms with Crippen LogP contribution in [-0.2, 0) is 5.88 Å². The van der Waals surface area contributed by atoms with E-state index in [9.17, 15) is 0 Å². The van der Waals surface area contributed by atoms with E-state index in [4.69, 9.17) is 11.6 Å². The van der Waals surface area contributed by atoms with Gasteiger partial charge in [0.25, 0.3) is 0 Å². The molecule has 1 aromatic heterocycles. The minimum absolute atomic E-state index is 0.497. The third-order valence-electron chi connectivity index (χ3n) is 3.44. The summed E-state index contributed by atoms with van der Waals surface area (Å²) >= 11 is 9.43. The molecular weight excluding hydrogens is 314 g/mol. The number of likely N-dealkylation sites (tertiary alicyclic amines) is 1. The topological polar surface area (TPSA) is 19.4 Å². The summed E-state index contributed by atoms with van der Waals surface area (Å²) in [6, 6.07) is 2.05. The monoisotopic (exact) mass is 331 g/mol. The van der Waals surface area contributed by atoms with Crippen LogP contribution in [0.15, 0.2) is 16.7 Å². The lowest BCUT2D eigenvalue weighted by Crippen LogP contribution is -2.28. The number of aromatic nitrogens is 1. The molecule has 1 saturated heterocycles. The van der Waals surface area contributed by atoms with E-state index >= 15 is 0 Å². The highest BCUT2D eigenvalue weighted by atomic mass is 79.9. The van der Waals surface area contributed by atoms with Crippen molar-refractivity contribution >= 4 is 33.3 Å². The van der Waals surface area contributed by atoms with Crippen molar-refractivity contribution in [2.45, 2.75) is 12.3 Å². The number of alkyl halides is 1. The Kier molecular flexibility index (Phi) is 4.87. The van der Waals surface area contributed by atoms with Crippen molar-refractivity contribution in [2.24, 2.45) is 5.92 Å². The number of hydrogen-bond donors (Lipinski definition) is 0. The molecule has 3 nitrogen and oxygen atoms in total. The van der Waals surface area contributed by atoms with Gasteiger partial charge >= 0.3 is 0 Å². The summed E-state index contributed by atoms with van der Waals surface area (Å²) in [7, 11) is 4.28. The van der Waals surface area contributed by atoms with Crippen molar-refractivity contribution in [3.63, 3.8) is 0 Å². The molecule has 2 heterocycles. The Morgan fingerprint density at radius 1 is 1.61 bits per heavy atom. The highest BCUT2D eigenvalue weighted by molar-refractivity contribution is 9.10. The Hall–Kier alpha value is -0.320. The second kappa shape index (κ2) is 6.22. The smallest absolute Gasteiger partial charge is 0.132 e. The molecule has 1 unspecified atom stereocenters. The summed E-state index contributed by atoms with van der Waals surface area (Å²) in [6.07, 6.45) is 3.11. The number of hydrogen-bond acceptors (Lipinski definition) is 3. The number of anilines is 1. The van der Waals surface area contributed by atoms with Crippen molar-refractivity contribution in [2.75, 3.05) is 38.6 Å². The summed E-state index contributed by atoms with van der Waals surface area (Å²) in [6.45, 7) is 3.43. The van der Waals surface area contributed by atoms with Gasteiger partial charge in [-0.05, 0) is 47.9 Å². The lowest BCUT2D eigenvalue weighted by molar-refractivity contribution is 0.395. The molecule has 0 bridgehead atoms. The molecule has 0 saturated carbocycles. The van der Waals surface area contributed by atoms with E-state index in [2.05, 4.69) is 44.8 Å². The van der Waals surface area contributed by atoms with Gasteiger partial charge in [0, 0.05) is 36.4 Å². The maximum absolute atomic E-state index is 5.99. The first-order valence-electron chi connectivity index (χ1n) is 6.20. The summed E-state index contributed by atoms with van der Waals surface area (Å²) in [5.74, 6) is 2.23. The van der Waals surface area contributed by atoms with Gasteiger partial charge in [-0.3, -0.25) is 0 Å². The van der Waals surface area contributed by atoms with Crippen LogP contribution in [0.3, 0.4) is 0 Å². The van der Waals surface area contributed by atoms with Gasteiger partial charge in [-0.25, -0.2) is 4.98 Å². The van der Waals surface area contributed by atoms with Gasteiger partial charge in [0.1, 0.15) is 5.82 Å². The molecule has 1 atom stereocenters. The van der Waals surface area contributed by atoms with E-state index in [0.717, 1.165) is 28.3 Å². The van der Waals surface area contributed by atoms with Crippen LogP contribution in [-0.4, -0.2) is 43.6 Å². The maximum atomic E-state index is 5.99. The fourth-order valence-electron chi connectivity index (χ4n) is 2.57. The summed E-state index contributed by atoms with van der Waals surface area (Å²) < 4.78 is 0.982. The van der Waals surface area contributed by atoms with Crippen molar-refractivity contribution < 1.29 is 0 Å². The Bertz CT molecular complexity index is 413. The molecule has 0 aliphatic carbocycles. The van der Waals surface area contributed by atoms with E-state index in [0.29, 0.717) is 5.88 Å². The summed E-state index contributed by atoms with van der Waals surface area (Å²) in [4.78, 5) is 9.11. The largest absolute Gasteiger partial charge is 0.359 e. The first-order valence-corrected chi connectivity index (χ1v) is 7.53. The molecule has 1 fully saturated rings. The minimum Gasteiger partial charge on any atom is -0.359 e. The Morgan fingerprint density at radius 2 is 2.39 bits per heavy atom. The third kappa shape index (κ3) is 3.37. The van der Waals surface area contributed by atoms with E-state index in [1.54, 1.807) is 0 Å². The molecule has 0 N–H and O–H groups in total. The molecule has 100 valence electrons. The lowest BCUT2D eigenvalue weighted by Gasteiger charge is -2.24. The van der Waals surface area contributed by atoms with E-state index in [1.807, 2.05) is 12.3 Å². The molecule has 0 spiro atoms. The second-order valence-electron chi connectivity index (χ2n) is 5.07. The standard InChI is InChI=1S/C13H19BrClN3/c1-17-4-3-10(8-17)9-18(2)13-11(6-15)5-12(14)7-16-13/h5,7,10H,3-4,6,8-9H2,1-2H3. The normalized spacial score (nSPS) is 20.3.